The number of nitrogens with two attached hydrogens (primary N) is 1. The van der Waals surface area contributed by atoms with Crippen LogP contribution in [0.15, 0.2) is 36.4 Å². The van der Waals surface area contributed by atoms with Crippen LogP contribution in [0.3, 0.4) is 0 Å². The van der Waals surface area contributed by atoms with Crippen molar-refractivity contribution in [1.29, 1.82) is 0 Å². The van der Waals surface area contributed by atoms with Crippen LogP contribution in [0.5, 0.6) is 5.75 Å². The maximum atomic E-state index is 12.7. The second-order valence-electron chi connectivity index (χ2n) is 6.85. The van der Waals surface area contributed by atoms with E-state index in [4.69, 9.17) is 22.1 Å². The molecule has 2 aromatic carbocycles. The summed E-state index contributed by atoms with van der Waals surface area (Å²) in [5.74, 6) is 0.611. The Balaban J connectivity index is 0.00000225. The number of hydrogen-bond acceptors (Lipinski definition) is 3. The van der Waals surface area contributed by atoms with E-state index in [0.717, 1.165) is 16.9 Å². The van der Waals surface area contributed by atoms with E-state index in [9.17, 15) is 4.79 Å². The number of fused-ring (bicyclic) bond motifs is 1. The summed E-state index contributed by atoms with van der Waals surface area (Å²) in [5, 5.41) is 3.65. The number of nitrogen functional groups attached to an aromatic ring is 1. The van der Waals surface area contributed by atoms with Gasteiger partial charge in [-0.1, -0.05) is 17.7 Å². The molecule has 1 atom stereocenters. The predicted octanol–water partition coefficient (Wildman–Crippen LogP) is 4.68. The Hall–Kier alpha value is -1.91. The standard InChI is InChI=1S/C19H21ClN2O2.ClH/c1-11-4-5-12(20)8-14(11)18(23)22-16-10-19(2,3)24-17-7-6-13(21)9-15(16)17;/h4-9,16H,10,21H2,1-3H3,(H,22,23);1H. The van der Waals surface area contributed by atoms with Crippen molar-refractivity contribution >= 4 is 35.6 Å². The molecule has 0 fully saturated rings. The van der Waals surface area contributed by atoms with E-state index < -0.39 is 0 Å². The van der Waals surface area contributed by atoms with Gasteiger partial charge in [-0.3, -0.25) is 4.79 Å². The molecule has 0 saturated carbocycles. The molecule has 0 bridgehead atoms. The Morgan fingerprint density at radius 2 is 2.00 bits per heavy atom. The fourth-order valence-corrected chi connectivity index (χ4v) is 3.25. The molecule has 2 aromatic rings. The minimum absolute atomic E-state index is 0. The smallest absolute Gasteiger partial charge is 0.252 e. The number of aryl methyl sites for hydroxylation is 1. The highest BCUT2D eigenvalue weighted by Crippen LogP contribution is 2.40. The first-order chi connectivity index (χ1) is 11.2. The maximum Gasteiger partial charge on any atom is 0.252 e. The molecular formula is C19H22Cl2N2O2. The van der Waals surface area contributed by atoms with E-state index in [2.05, 4.69) is 5.32 Å². The third-order valence-corrected chi connectivity index (χ3v) is 4.48. The fourth-order valence-electron chi connectivity index (χ4n) is 3.08. The van der Waals surface area contributed by atoms with E-state index in [-0.39, 0.29) is 30.0 Å². The molecule has 0 aromatic heterocycles. The van der Waals surface area contributed by atoms with Gasteiger partial charge < -0.3 is 15.8 Å². The number of anilines is 1. The van der Waals surface area contributed by atoms with Gasteiger partial charge in [0.2, 0.25) is 0 Å². The Kier molecular flexibility index (Phi) is 5.55. The molecule has 3 N–H and O–H groups in total. The van der Waals surface area contributed by atoms with Crippen molar-refractivity contribution in [3.63, 3.8) is 0 Å². The first-order valence-electron chi connectivity index (χ1n) is 7.91. The van der Waals surface area contributed by atoms with Gasteiger partial charge in [0.05, 0.1) is 6.04 Å². The van der Waals surface area contributed by atoms with Crippen molar-refractivity contribution in [3.05, 3.63) is 58.1 Å². The van der Waals surface area contributed by atoms with Crippen LogP contribution in [0.1, 0.15) is 47.8 Å². The molecule has 1 heterocycles. The van der Waals surface area contributed by atoms with Crippen LogP contribution in [0.2, 0.25) is 5.02 Å². The molecule has 1 aliphatic heterocycles. The van der Waals surface area contributed by atoms with Crippen molar-refractivity contribution in [1.82, 2.24) is 5.32 Å². The molecule has 6 heteroatoms. The van der Waals surface area contributed by atoms with Gasteiger partial charge in [0.25, 0.3) is 5.91 Å². The lowest BCUT2D eigenvalue weighted by Crippen LogP contribution is -2.41. The van der Waals surface area contributed by atoms with Gasteiger partial charge >= 0.3 is 0 Å². The summed E-state index contributed by atoms with van der Waals surface area (Å²) >= 11 is 6.03. The molecule has 134 valence electrons. The lowest BCUT2D eigenvalue weighted by Gasteiger charge is -2.38. The summed E-state index contributed by atoms with van der Waals surface area (Å²) in [4.78, 5) is 12.7. The number of benzene rings is 2. The normalized spacial score (nSPS) is 17.7. The second-order valence-corrected chi connectivity index (χ2v) is 7.28. The number of amides is 1. The average Bonchev–Trinajstić information content (AvgIpc) is 2.49. The number of halogens is 2. The van der Waals surface area contributed by atoms with Crippen LogP contribution in [0, 0.1) is 6.92 Å². The first-order valence-corrected chi connectivity index (χ1v) is 8.28. The fraction of sp³-hybridized carbons (Fsp3) is 0.316. The van der Waals surface area contributed by atoms with Gasteiger partial charge in [0.1, 0.15) is 11.4 Å². The van der Waals surface area contributed by atoms with Gasteiger partial charge in [-0.25, -0.2) is 0 Å². The highest BCUT2D eigenvalue weighted by atomic mass is 35.5. The van der Waals surface area contributed by atoms with Crippen molar-refractivity contribution in [3.8, 4) is 5.75 Å². The van der Waals surface area contributed by atoms with Gasteiger partial charge in [-0.15, -0.1) is 12.4 Å². The molecule has 3 rings (SSSR count). The Morgan fingerprint density at radius 1 is 1.28 bits per heavy atom. The minimum Gasteiger partial charge on any atom is -0.487 e. The maximum absolute atomic E-state index is 12.7. The number of ether oxygens (including phenoxy) is 1. The topological polar surface area (TPSA) is 64.3 Å². The lowest BCUT2D eigenvalue weighted by atomic mass is 9.89. The highest BCUT2D eigenvalue weighted by molar-refractivity contribution is 6.31. The zero-order valence-electron chi connectivity index (χ0n) is 14.4. The van der Waals surface area contributed by atoms with Crippen LogP contribution >= 0.6 is 24.0 Å². The Labute approximate surface area is 159 Å². The Bertz CT molecular complexity index is 806. The van der Waals surface area contributed by atoms with Crippen molar-refractivity contribution < 1.29 is 9.53 Å². The van der Waals surface area contributed by atoms with Crippen LogP contribution in [0.4, 0.5) is 5.69 Å². The molecule has 1 unspecified atom stereocenters. The van der Waals surface area contributed by atoms with Gasteiger partial charge in [-0.05, 0) is 56.7 Å². The number of carbonyl (C=O) groups is 1. The minimum atomic E-state index is -0.371. The number of nitrogens with one attached hydrogen (secondary N) is 1. The summed E-state index contributed by atoms with van der Waals surface area (Å²) < 4.78 is 6.01. The van der Waals surface area contributed by atoms with Crippen molar-refractivity contribution in [2.75, 3.05) is 5.73 Å². The molecule has 0 radical (unpaired) electrons. The van der Waals surface area contributed by atoms with Crippen molar-refractivity contribution in [2.24, 2.45) is 0 Å². The summed E-state index contributed by atoms with van der Waals surface area (Å²) in [6.45, 7) is 5.91. The van der Waals surface area contributed by atoms with Gasteiger partial charge in [0, 0.05) is 28.3 Å². The largest absolute Gasteiger partial charge is 0.487 e. The quantitative estimate of drug-likeness (QED) is 0.742. The molecule has 25 heavy (non-hydrogen) atoms. The van der Waals surface area contributed by atoms with E-state index >= 15 is 0 Å². The zero-order valence-corrected chi connectivity index (χ0v) is 16.0. The summed E-state index contributed by atoms with van der Waals surface area (Å²) in [6.07, 6.45) is 0.662. The monoisotopic (exact) mass is 380 g/mol. The van der Waals surface area contributed by atoms with Crippen LogP contribution in [-0.2, 0) is 0 Å². The molecule has 1 amide bonds. The van der Waals surface area contributed by atoms with E-state index in [0.29, 0.717) is 22.7 Å². The summed E-state index contributed by atoms with van der Waals surface area (Å²) in [5.41, 5.74) is 8.56. The lowest BCUT2D eigenvalue weighted by molar-refractivity contribution is 0.0620. The Morgan fingerprint density at radius 3 is 2.72 bits per heavy atom. The highest BCUT2D eigenvalue weighted by Gasteiger charge is 2.34. The van der Waals surface area contributed by atoms with Crippen LogP contribution in [-0.4, -0.2) is 11.5 Å². The van der Waals surface area contributed by atoms with E-state index in [1.165, 1.54) is 0 Å². The number of carbonyl (C=O) groups excluding carboxylic acids is 1. The molecule has 0 aliphatic carbocycles. The molecule has 0 saturated heterocycles. The number of hydrogen-bond donors (Lipinski definition) is 2. The predicted molar refractivity (Wildman–Crippen MR) is 104 cm³/mol. The third kappa shape index (κ3) is 4.20. The van der Waals surface area contributed by atoms with E-state index in [1.54, 1.807) is 18.2 Å². The number of rotatable bonds is 2. The first kappa shape index (κ1) is 19.4. The molecule has 1 aliphatic rings. The molecule has 0 spiro atoms. The van der Waals surface area contributed by atoms with Gasteiger partial charge in [-0.2, -0.15) is 0 Å². The van der Waals surface area contributed by atoms with Gasteiger partial charge in [0.15, 0.2) is 0 Å². The second kappa shape index (κ2) is 7.14. The zero-order chi connectivity index (χ0) is 17.5. The molecular weight excluding hydrogens is 359 g/mol. The van der Waals surface area contributed by atoms with Crippen LogP contribution < -0.4 is 15.8 Å². The summed E-state index contributed by atoms with van der Waals surface area (Å²) in [7, 11) is 0. The average molecular weight is 381 g/mol. The van der Waals surface area contributed by atoms with E-state index in [1.807, 2.05) is 39.0 Å². The summed E-state index contributed by atoms with van der Waals surface area (Å²) in [6, 6.07) is 10.7. The molecule has 4 nitrogen and oxygen atoms in total. The SMILES string of the molecule is Cc1ccc(Cl)cc1C(=O)NC1CC(C)(C)Oc2ccc(N)cc21.Cl. The van der Waals surface area contributed by atoms with Crippen LogP contribution in [0.25, 0.3) is 0 Å². The third-order valence-electron chi connectivity index (χ3n) is 4.24. The van der Waals surface area contributed by atoms with Crippen molar-refractivity contribution in [2.45, 2.75) is 38.8 Å².